The molecule has 5 nitrogen and oxygen atoms in total. The van der Waals surface area contributed by atoms with E-state index in [2.05, 4.69) is 4.98 Å². The molecule has 1 aliphatic rings. The highest BCUT2D eigenvalue weighted by molar-refractivity contribution is 6.30. The van der Waals surface area contributed by atoms with E-state index in [4.69, 9.17) is 21.4 Å². The number of amides is 1. The van der Waals surface area contributed by atoms with Gasteiger partial charge in [-0.05, 0) is 19.1 Å². The van der Waals surface area contributed by atoms with Gasteiger partial charge in [0.15, 0.2) is 0 Å². The first kappa shape index (κ1) is 13.3. The maximum atomic E-state index is 12.3. The molecule has 98 valence electrons. The van der Waals surface area contributed by atoms with Gasteiger partial charge in [0.25, 0.3) is 5.91 Å². The van der Waals surface area contributed by atoms with Gasteiger partial charge in [-0.25, -0.2) is 4.98 Å². The quantitative estimate of drug-likeness (QED) is 0.869. The number of aliphatic hydroxyl groups excluding tert-OH is 1. The smallest absolute Gasteiger partial charge is 0.272 e. The summed E-state index contributed by atoms with van der Waals surface area (Å²) in [6.45, 7) is 2.61. The number of hydrogen-bond acceptors (Lipinski definition) is 4. The molecule has 0 saturated carbocycles. The van der Waals surface area contributed by atoms with Crippen LogP contribution in [0.25, 0.3) is 0 Å². The number of aromatic nitrogens is 1. The lowest BCUT2D eigenvalue weighted by Gasteiger charge is -2.37. The van der Waals surface area contributed by atoms with E-state index in [1.807, 2.05) is 6.92 Å². The Morgan fingerprint density at radius 3 is 3.06 bits per heavy atom. The molecule has 2 heterocycles. The maximum absolute atomic E-state index is 12.3. The van der Waals surface area contributed by atoms with Crippen molar-refractivity contribution in [2.45, 2.75) is 19.1 Å². The second kappa shape index (κ2) is 5.65. The van der Waals surface area contributed by atoms with E-state index in [0.29, 0.717) is 23.9 Å². The Labute approximate surface area is 110 Å². The third-order valence-electron chi connectivity index (χ3n) is 2.92. The fourth-order valence-corrected chi connectivity index (χ4v) is 1.97. The lowest BCUT2D eigenvalue weighted by Crippen LogP contribution is -2.52. The lowest BCUT2D eigenvalue weighted by atomic mass is 10.1. The normalized spacial score (nSPS) is 24.1. The monoisotopic (exact) mass is 270 g/mol. The average Bonchev–Trinajstić information content (AvgIpc) is 2.39. The fourth-order valence-electron chi connectivity index (χ4n) is 1.86. The highest BCUT2D eigenvalue weighted by Gasteiger charge is 2.30. The summed E-state index contributed by atoms with van der Waals surface area (Å²) >= 11 is 5.74. The zero-order valence-electron chi connectivity index (χ0n) is 10.0. The Balaban J connectivity index is 2.13. The van der Waals surface area contributed by atoms with Gasteiger partial charge in [-0.1, -0.05) is 11.6 Å². The van der Waals surface area contributed by atoms with Crippen molar-refractivity contribution >= 4 is 17.5 Å². The fraction of sp³-hybridized carbons (Fsp3) is 0.500. The number of carbonyl (C=O) groups excluding carboxylic acids is 1. The van der Waals surface area contributed by atoms with Crippen molar-refractivity contribution in [3.8, 4) is 0 Å². The van der Waals surface area contributed by atoms with E-state index in [-0.39, 0.29) is 24.7 Å². The molecular formula is C12H15ClN2O3. The molecule has 1 fully saturated rings. The van der Waals surface area contributed by atoms with Crippen molar-refractivity contribution in [3.05, 3.63) is 29.0 Å². The van der Waals surface area contributed by atoms with Gasteiger partial charge < -0.3 is 14.7 Å². The lowest BCUT2D eigenvalue weighted by molar-refractivity contribution is -0.0668. The first-order valence-electron chi connectivity index (χ1n) is 5.77. The van der Waals surface area contributed by atoms with Crippen LogP contribution in [0.2, 0.25) is 5.02 Å². The molecule has 0 aromatic carbocycles. The predicted octanol–water partition coefficient (Wildman–Crippen LogP) is 0.957. The summed E-state index contributed by atoms with van der Waals surface area (Å²) in [5.74, 6) is -0.166. The van der Waals surface area contributed by atoms with Crippen LogP contribution in [0, 0.1) is 0 Å². The SMILES string of the molecule is CC1COC(CO)CN1C(=O)c1ccc(Cl)cn1. The van der Waals surface area contributed by atoms with Crippen LogP contribution in [0.4, 0.5) is 0 Å². The molecule has 1 N–H and O–H groups in total. The number of morpholine rings is 1. The summed E-state index contributed by atoms with van der Waals surface area (Å²) in [5, 5.41) is 9.58. The third kappa shape index (κ3) is 2.80. The number of hydrogen-bond donors (Lipinski definition) is 1. The van der Waals surface area contributed by atoms with Gasteiger partial charge in [0.1, 0.15) is 5.69 Å². The van der Waals surface area contributed by atoms with Crippen LogP contribution >= 0.6 is 11.6 Å². The molecule has 1 amide bonds. The highest BCUT2D eigenvalue weighted by atomic mass is 35.5. The molecule has 0 bridgehead atoms. The van der Waals surface area contributed by atoms with E-state index in [0.717, 1.165) is 0 Å². The van der Waals surface area contributed by atoms with Gasteiger partial charge in [-0.3, -0.25) is 4.79 Å². The number of rotatable bonds is 2. The van der Waals surface area contributed by atoms with Gasteiger partial charge in [0.05, 0.1) is 30.4 Å². The summed E-state index contributed by atoms with van der Waals surface area (Å²) in [6.07, 6.45) is 1.13. The van der Waals surface area contributed by atoms with Gasteiger partial charge >= 0.3 is 0 Å². The number of halogens is 1. The number of aliphatic hydroxyl groups is 1. The van der Waals surface area contributed by atoms with Crippen LogP contribution in [0.15, 0.2) is 18.3 Å². The Hall–Kier alpha value is -1.17. The van der Waals surface area contributed by atoms with Crippen LogP contribution in [-0.2, 0) is 4.74 Å². The molecule has 1 aromatic rings. The van der Waals surface area contributed by atoms with Crippen LogP contribution < -0.4 is 0 Å². The molecule has 2 atom stereocenters. The van der Waals surface area contributed by atoms with E-state index >= 15 is 0 Å². The topological polar surface area (TPSA) is 62.7 Å². The summed E-state index contributed by atoms with van der Waals surface area (Å²) < 4.78 is 5.39. The first-order chi connectivity index (χ1) is 8.61. The minimum atomic E-state index is -0.322. The Morgan fingerprint density at radius 1 is 1.67 bits per heavy atom. The van der Waals surface area contributed by atoms with Crippen LogP contribution in [0.3, 0.4) is 0 Å². The van der Waals surface area contributed by atoms with Crippen LogP contribution in [-0.4, -0.2) is 52.8 Å². The minimum Gasteiger partial charge on any atom is -0.394 e. The predicted molar refractivity (Wildman–Crippen MR) is 66.6 cm³/mol. The van der Waals surface area contributed by atoms with Gasteiger partial charge in [0.2, 0.25) is 0 Å². The largest absolute Gasteiger partial charge is 0.394 e. The Morgan fingerprint density at radius 2 is 2.44 bits per heavy atom. The van der Waals surface area contributed by atoms with Crippen molar-refractivity contribution in [2.75, 3.05) is 19.8 Å². The molecule has 2 rings (SSSR count). The first-order valence-corrected chi connectivity index (χ1v) is 6.14. The summed E-state index contributed by atoms with van der Waals surface area (Å²) in [6, 6.07) is 3.20. The van der Waals surface area contributed by atoms with E-state index in [1.54, 1.807) is 17.0 Å². The molecule has 6 heteroatoms. The molecule has 0 spiro atoms. The number of pyridine rings is 1. The molecular weight excluding hydrogens is 256 g/mol. The molecule has 1 aliphatic heterocycles. The molecule has 1 aromatic heterocycles. The summed E-state index contributed by atoms with van der Waals surface area (Å²) in [5.41, 5.74) is 0.352. The van der Waals surface area contributed by atoms with Crippen LogP contribution in [0.5, 0.6) is 0 Å². The van der Waals surface area contributed by atoms with Crippen LogP contribution in [0.1, 0.15) is 17.4 Å². The molecule has 1 saturated heterocycles. The zero-order chi connectivity index (χ0) is 13.1. The summed E-state index contributed by atoms with van der Waals surface area (Å²) in [7, 11) is 0. The van der Waals surface area contributed by atoms with Gasteiger partial charge in [-0.2, -0.15) is 0 Å². The van der Waals surface area contributed by atoms with Crippen molar-refractivity contribution in [3.63, 3.8) is 0 Å². The molecule has 0 radical (unpaired) electrons. The van der Waals surface area contributed by atoms with Gasteiger partial charge in [-0.15, -0.1) is 0 Å². The highest BCUT2D eigenvalue weighted by Crippen LogP contribution is 2.15. The maximum Gasteiger partial charge on any atom is 0.272 e. The third-order valence-corrected chi connectivity index (χ3v) is 3.14. The van der Waals surface area contributed by atoms with Gasteiger partial charge in [0, 0.05) is 12.7 Å². The number of ether oxygens (including phenoxy) is 1. The Kier molecular flexibility index (Phi) is 4.16. The summed E-state index contributed by atoms with van der Waals surface area (Å²) in [4.78, 5) is 17.9. The van der Waals surface area contributed by atoms with Crippen molar-refractivity contribution in [1.29, 1.82) is 0 Å². The molecule has 18 heavy (non-hydrogen) atoms. The Bertz CT molecular complexity index is 424. The minimum absolute atomic E-state index is 0.0298. The van der Waals surface area contributed by atoms with E-state index < -0.39 is 0 Å². The zero-order valence-corrected chi connectivity index (χ0v) is 10.8. The van der Waals surface area contributed by atoms with Crippen molar-refractivity contribution < 1.29 is 14.6 Å². The standard InChI is InChI=1S/C12H15ClN2O3/c1-8-7-18-10(6-16)5-15(8)12(17)11-3-2-9(13)4-14-11/h2-4,8,10,16H,5-7H2,1H3. The second-order valence-corrected chi connectivity index (χ2v) is 4.74. The number of carbonyl (C=O) groups is 1. The average molecular weight is 271 g/mol. The van der Waals surface area contributed by atoms with Crippen molar-refractivity contribution in [1.82, 2.24) is 9.88 Å². The molecule has 0 aliphatic carbocycles. The number of nitrogens with zero attached hydrogens (tertiary/aromatic N) is 2. The van der Waals surface area contributed by atoms with E-state index in [9.17, 15) is 4.79 Å². The van der Waals surface area contributed by atoms with E-state index in [1.165, 1.54) is 6.20 Å². The molecule has 2 unspecified atom stereocenters. The second-order valence-electron chi connectivity index (χ2n) is 4.31. The van der Waals surface area contributed by atoms with Crippen molar-refractivity contribution in [2.24, 2.45) is 0 Å².